The van der Waals surface area contributed by atoms with E-state index in [1.165, 1.54) is 11.3 Å². The van der Waals surface area contributed by atoms with Crippen LogP contribution in [0.3, 0.4) is 0 Å². The Labute approximate surface area is 132 Å². The van der Waals surface area contributed by atoms with Crippen molar-refractivity contribution in [1.82, 2.24) is 4.57 Å². The zero-order chi connectivity index (χ0) is 15.7. The molecule has 4 nitrogen and oxygen atoms in total. The summed E-state index contributed by atoms with van der Waals surface area (Å²) in [5.41, 5.74) is 1.57. The topological polar surface area (TPSA) is 47.5 Å². The number of nitrogens with zero attached hydrogens (tertiary/aromatic N) is 2. The van der Waals surface area contributed by atoms with Crippen molar-refractivity contribution in [1.29, 1.82) is 0 Å². The van der Waals surface area contributed by atoms with Crippen molar-refractivity contribution in [2.45, 2.75) is 20.4 Å². The van der Waals surface area contributed by atoms with Crippen molar-refractivity contribution in [2.24, 2.45) is 4.99 Å². The first-order valence-electron chi connectivity index (χ1n) is 6.95. The van der Waals surface area contributed by atoms with Gasteiger partial charge in [-0.15, -0.1) is 6.58 Å². The van der Waals surface area contributed by atoms with Crippen LogP contribution in [0.4, 0.5) is 0 Å². The molecule has 0 spiro atoms. The number of rotatable bonds is 3. The second kappa shape index (κ2) is 5.77. The minimum absolute atomic E-state index is 0.279. The van der Waals surface area contributed by atoms with Crippen LogP contribution in [0.1, 0.15) is 21.9 Å². The maximum absolute atomic E-state index is 12.4. The molecule has 0 N–H and O–H groups in total. The van der Waals surface area contributed by atoms with Crippen molar-refractivity contribution in [2.75, 3.05) is 0 Å². The highest BCUT2D eigenvalue weighted by atomic mass is 32.1. The highest BCUT2D eigenvalue weighted by molar-refractivity contribution is 7.16. The second-order valence-electron chi connectivity index (χ2n) is 5.00. The second-order valence-corrected chi connectivity index (χ2v) is 6.00. The van der Waals surface area contributed by atoms with Crippen molar-refractivity contribution < 1.29 is 9.21 Å². The molecule has 0 atom stereocenters. The molecular formula is C17H16N2O2S. The molecule has 0 saturated carbocycles. The number of carbonyl (C=O) groups excluding carboxylic acids is 1. The number of benzene rings is 1. The van der Waals surface area contributed by atoms with Gasteiger partial charge in [-0.1, -0.05) is 29.5 Å². The van der Waals surface area contributed by atoms with Gasteiger partial charge in [0, 0.05) is 6.54 Å². The predicted molar refractivity (Wildman–Crippen MR) is 88.1 cm³/mol. The molecule has 0 unspecified atom stereocenters. The molecule has 0 aliphatic rings. The zero-order valence-electron chi connectivity index (χ0n) is 12.5. The molecule has 0 fully saturated rings. The Morgan fingerprint density at radius 2 is 2.18 bits per heavy atom. The molecule has 0 radical (unpaired) electrons. The number of hydrogen-bond donors (Lipinski definition) is 0. The highest BCUT2D eigenvalue weighted by Crippen LogP contribution is 2.18. The third kappa shape index (κ3) is 2.55. The van der Waals surface area contributed by atoms with E-state index in [4.69, 9.17) is 4.42 Å². The number of hydrogen-bond acceptors (Lipinski definition) is 3. The number of furan rings is 1. The quantitative estimate of drug-likeness (QED) is 0.690. The molecule has 1 amide bonds. The van der Waals surface area contributed by atoms with Crippen LogP contribution in [0, 0.1) is 13.8 Å². The van der Waals surface area contributed by atoms with Crippen LogP contribution in [-0.2, 0) is 6.54 Å². The lowest BCUT2D eigenvalue weighted by Crippen LogP contribution is -2.16. The summed E-state index contributed by atoms with van der Waals surface area (Å²) in [7, 11) is 0. The molecule has 1 aromatic carbocycles. The normalized spacial score (nSPS) is 12.0. The minimum Gasteiger partial charge on any atom is -0.466 e. The summed E-state index contributed by atoms with van der Waals surface area (Å²) in [5, 5.41) is 0. The van der Waals surface area contributed by atoms with E-state index in [9.17, 15) is 4.79 Å². The Morgan fingerprint density at radius 1 is 1.41 bits per heavy atom. The summed E-state index contributed by atoms with van der Waals surface area (Å²) in [5.74, 6) is 1.03. The molecule has 112 valence electrons. The van der Waals surface area contributed by atoms with Crippen LogP contribution in [-0.4, -0.2) is 10.5 Å². The van der Waals surface area contributed by atoms with Gasteiger partial charge < -0.3 is 8.98 Å². The lowest BCUT2D eigenvalue weighted by Gasteiger charge is -2.00. The Morgan fingerprint density at radius 3 is 2.86 bits per heavy atom. The van der Waals surface area contributed by atoms with Crippen LogP contribution in [0.5, 0.6) is 0 Å². The van der Waals surface area contributed by atoms with Gasteiger partial charge in [-0.2, -0.15) is 4.99 Å². The monoisotopic (exact) mass is 312 g/mol. The summed E-state index contributed by atoms with van der Waals surface area (Å²) >= 11 is 1.50. The van der Waals surface area contributed by atoms with Crippen molar-refractivity contribution in [3.05, 3.63) is 64.9 Å². The molecule has 0 saturated heterocycles. The fourth-order valence-electron chi connectivity index (χ4n) is 2.40. The predicted octanol–water partition coefficient (Wildman–Crippen LogP) is 3.84. The van der Waals surface area contributed by atoms with E-state index in [0.29, 0.717) is 28.4 Å². The van der Waals surface area contributed by atoms with Crippen molar-refractivity contribution >= 4 is 27.5 Å². The largest absolute Gasteiger partial charge is 0.466 e. The van der Waals surface area contributed by atoms with E-state index in [1.807, 2.05) is 35.8 Å². The van der Waals surface area contributed by atoms with Gasteiger partial charge in [0.15, 0.2) is 4.80 Å². The first-order valence-corrected chi connectivity index (χ1v) is 7.77. The van der Waals surface area contributed by atoms with Crippen LogP contribution in [0.25, 0.3) is 10.2 Å². The van der Waals surface area contributed by atoms with Crippen LogP contribution in [0.2, 0.25) is 0 Å². The average Bonchev–Trinajstić information content (AvgIpc) is 3.00. The number of aryl methyl sites for hydroxylation is 2. The summed E-state index contributed by atoms with van der Waals surface area (Å²) < 4.78 is 8.50. The minimum atomic E-state index is -0.279. The van der Waals surface area contributed by atoms with Gasteiger partial charge in [0.25, 0.3) is 5.91 Å². The fraction of sp³-hybridized carbons (Fsp3) is 0.176. The van der Waals surface area contributed by atoms with Crippen LogP contribution < -0.4 is 4.80 Å². The summed E-state index contributed by atoms with van der Waals surface area (Å²) in [6, 6.07) is 9.73. The molecule has 3 rings (SSSR count). The first-order chi connectivity index (χ1) is 10.6. The molecule has 0 aliphatic carbocycles. The maximum Gasteiger partial charge on any atom is 0.283 e. The number of aromatic nitrogens is 1. The summed E-state index contributed by atoms with van der Waals surface area (Å²) in [6.45, 7) is 7.99. The first kappa shape index (κ1) is 14.5. The van der Waals surface area contributed by atoms with Crippen molar-refractivity contribution in [3.63, 3.8) is 0 Å². The average molecular weight is 312 g/mol. The standard InChI is InChI=1S/C17H16N2O2S/c1-4-9-19-14-7-5-6-8-15(14)22-17(19)18-16(20)13-10-11(2)21-12(13)3/h4-8,10H,1,9H2,2-3H3. The van der Waals surface area contributed by atoms with Gasteiger partial charge >= 0.3 is 0 Å². The SMILES string of the molecule is C=CCn1c(=NC(=O)c2cc(C)oc2C)sc2ccccc21. The third-order valence-electron chi connectivity index (χ3n) is 3.37. The summed E-state index contributed by atoms with van der Waals surface area (Å²) in [4.78, 5) is 17.4. The van der Waals surface area contributed by atoms with E-state index in [1.54, 1.807) is 19.1 Å². The van der Waals surface area contributed by atoms with Crippen LogP contribution >= 0.6 is 11.3 Å². The number of amides is 1. The number of thiazole rings is 1. The lowest BCUT2D eigenvalue weighted by molar-refractivity contribution is 0.0996. The third-order valence-corrected chi connectivity index (χ3v) is 4.43. The molecule has 2 heterocycles. The van der Waals surface area contributed by atoms with Crippen molar-refractivity contribution in [3.8, 4) is 0 Å². The molecule has 5 heteroatoms. The van der Waals surface area contributed by atoms with Gasteiger partial charge in [-0.3, -0.25) is 4.79 Å². The van der Waals surface area contributed by atoms with E-state index in [2.05, 4.69) is 11.6 Å². The molecular weight excluding hydrogens is 296 g/mol. The van der Waals surface area contributed by atoms with E-state index >= 15 is 0 Å². The zero-order valence-corrected chi connectivity index (χ0v) is 13.3. The smallest absolute Gasteiger partial charge is 0.283 e. The van der Waals surface area contributed by atoms with E-state index in [-0.39, 0.29) is 5.91 Å². The van der Waals surface area contributed by atoms with Gasteiger partial charge in [0.2, 0.25) is 0 Å². The molecule has 0 aliphatic heterocycles. The van der Waals surface area contributed by atoms with Gasteiger partial charge in [0.1, 0.15) is 11.5 Å². The molecule has 3 aromatic rings. The van der Waals surface area contributed by atoms with Crippen LogP contribution in [0.15, 0.2) is 52.4 Å². The molecule has 0 bridgehead atoms. The molecule has 2 aromatic heterocycles. The van der Waals surface area contributed by atoms with E-state index in [0.717, 1.165) is 10.2 Å². The Kier molecular flexibility index (Phi) is 3.81. The maximum atomic E-state index is 12.4. The Balaban J connectivity index is 2.16. The molecule has 22 heavy (non-hydrogen) atoms. The number of allylic oxidation sites excluding steroid dienone is 1. The number of para-hydroxylation sites is 1. The van der Waals surface area contributed by atoms with E-state index < -0.39 is 0 Å². The van der Waals surface area contributed by atoms with Gasteiger partial charge in [-0.25, -0.2) is 0 Å². The van der Waals surface area contributed by atoms with Gasteiger partial charge in [-0.05, 0) is 32.0 Å². The fourth-order valence-corrected chi connectivity index (χ4v) is 3.44. The lowest BCUT2D eigenvalue weighted by atomic mass is 10.2. The number of carbonyl (C=O) groups is 1. The Hall–Kier alpha value is -2.40. The number of fused-ring (bicyclic) bond motifs is 1. The highest BCUT2D eigenvalue weighted by Gasteiger charge is 2.13. The Bertz CT molecular complexity index is 928. The summed E-state index contributed by atoms with van der Waals surface area (Å²) in [6.07, 6.45) is 1.80. The van der Waals surface area contributed by atoms with Gasteiger partial charge in [0.05, 0.1) is 15.8 Å².